The number of aryl methyl sites for hydroxylation is 1. The van der Waals surface area contributed by atoms with Gasteiger partial charge in [0.2, 0.25) is 5.91 Å². The number of anilines is 1. The second kappa shape index (κ2) is 7.31. The zero-order valence-corrected chi connectivity index (χ0v) is 15.6. The second-order valence-corrected chi connectivity index (χ2v) is 6.99. The number of amides is 1. The van der Waals surface area contributed by atoms with Gasteiger partial charge >= 0.3 is 0 Å². The minimum atomic E-state index is 0.0107. The van der Waals surface area contributed by atoms with Gasteiger partial charge in [-0.05, 0) is 43.0 Å². The standard InChI is InChI=1S/C18H23N3O3S/c1-11-14-9-16(24-3)15(23-2)8-12(14)6-7-21(11)17(22)5-4-13-10-25-18(19)20-13/h8-11H,4-7H2,1-3H3,(H2,19,20)/t11-/m1/s1. The molecule has 0 radical (unpaired) electrons. The molecule has 1 amide bonds. The van der Waals surface area contributed by atoms with Crippen molar-refractivity contribution in [3.8, 4) is 11.5 Å². The van der Waals surface area contributed by atoms with Crippen LogP contribution in [-0.4, -0.2) is 36.6 Å². The number of fused-ring (bicyclic) bond motifs is 1. The smallest absolute Gasteiger partial charge is 0.223 e. The fourth-order valence-corrected chi connectivity index (χ4v) is 3.90. The molecule has 1 aliphatic heterocycles. The van der Waals surface area contributed by atoms with Gasteiger partial charge in [0, 0.05) is 18.3 Å². The van der Waals surface area contributed by atoms with Crippen LogP contribution in [0.1, 0.15) is 36.2 Å². The Balaban J connectivity index is 1.74. The topological polar surface area (TPSA) is 77.7 Å². The normalized spacial score (nSPS) is 16.4. The Bertz CT molecular complexity index is 775. The summed E-state index contributed by atoms with van der Waals surface area (Å²) in [4.78, 5) is 18.8. The molecular formula is C18H23N3O3S. The maximum Gasteiger partial charge on any atom is 0.223 e. The molecule has 7 heteroatoms. The van der Waals surface area contributed by atoms with Crippen molar-refractivity contribution in [3.05, 3.63) is 34.3 Å². The predicted octanol–water partition coefficient (Wildman–Crippen LogP) is 2.82. The Labute approximate surface area is 151 Å². The van der Waals surface area contributed by atoms with Crippen LogP contribution in [0.25, 0.3) is 0 Å². The molecule has 0 aliphatic carbocycles. The van der Waals surface area contributed by atoms with Crippen molar-refractivity contribution in [2.45, 2.75) is 32.2 Å². The minimum absolute atomic E-state index is 0.0107. The third-order valence-corrected chi connectivity index (χ3v) is 5.39. The molecule has 0 saturated heterocycles. The maximum atomic E-state index is 12.7. The fourth-order valence-electron chi connectivity index (χ4n) is 3.30. The van der Waals surface area contributed by atoms with Crippen LogP contribution in [0.3, 0.4) is 0 Å². The quantitative estimate of drug-likeness (QED) is 0.886. The Morgan fingerprint density at radius 2 is 2.08 bits per heavy atom. The van der Waals surface area contributed by atoms with Crippen LogP contribution in [0, 0.1) is 0 Å². The summed E-state index contributed by atoms with van der Waals surface area (Å²) in [5, 5.41) is 2.46. The van der Waals surface area contributed by atoms with Gasteiger partial charge in [-0.1, -0.05) is 0 Å². The average molecular weight is 361 g/mol. The summed E-state index contributed by atoms with van der Waals surface area (Å²) >= 11 is 1.41. The molecule has 2 heterocycles. The van der Waals surface area contributed by atoms with Gasteiger partial charge in [-0.2, -0.15) is 0 Å². The number of aromatic nitrogens is 1. The van der Waals surface area contributed by atoms with E-state index in [1.54, 1.807) is 14.2 Å². The van der Waals surface area contributed by atoms with Crippen molar-refractivity contribution in [2.75, 3.05) is 26.5 Å². The number of nitrogens with two attached hydrogens (primary N) is 1. The van der Waals surface area contributed by atoms with Crippen LogP contribution in [0.2, 0.25) is 0 Å². The van der Waals surface area contributed by atoms with Crippen molar-refractivity contribution in [3.63, 3.8) is 0 Å². The first-order chi connectivity index (χ1) is 12.0. The third kappa shape index (κ3) is 3.56. The Kier molecular flexibility index (Phi) is 5.13. The molecule has 134 valence electrons. The molecule has 25 heavy (non-hydrogen) atoms. The van der Waals surface area contributed by atoms with Gasteiger partial charge in [0.1, 0.15) is 0 Å². The first kappa shape index (κ1) is 17.5. The van der Waals surface area contributed by atoms with E-state index in [1.807, 2.05) is 22.4 Å². The molecule has 1 aromatic carbocycles. The van der Waals surface area contributed by atoms with Crippen LogP contribution in [-0.2, 0) is 17.6 Å². The van der Waals surface area contributed by atoms with Crippen molar-refractivity contribution in [2.24, 2.45) is 0 Å². The van der Waals surface area contributed by atoms with Gasteiger partial charge in [0.25, 0.3) is 0 Å². The summed E-state index contributed by atoms with van der Waals surface area (Å²) in [6.07, 6.45) is 1.88. The van der Waals surface area contributed by atoms with Crippen molar-refractivity contribution < 1.29 is 14.3 Å². The van der Waals surface area contributed by atoms with Gasteiger partial charge in [0.15, 0.2) is 16.6 Å². The molecule has 0 saturated carbocycles. The first-order valence-electron chi connectivity index (χ1n) is 8.27. The van der Waals surface area contributed by atoms with Crippen molar-refractivity contribution in [1.82, 2.24) is 9.88 Å². The summed E-state index contributed by atoms with van der Waals surface area (Å²) in [6.45, 7) is 2.77. The number of rotatable bonds is 5. The van der Waals surface area contributed by atoms with Crippen molar-refractivity contribution in [1.29, 1.82) is 0 Å². The number of thiazole rings is 1. The zero-order chi connectivity index (χ0) is 18.0. The van der Waals surface area contributed by atoms with E-state index in [0.717, 1.165) is 23.4 Å². The summed E-state index contributed by atoms with van der Waals surface area (Å²) in [5.74, 6) is 1.56. The highest BCUT2D eigenvalue weighted by atomic mass is 32.1. The molecule has 1 aromatic heterocycles. The van der Waals surface area contributed by atoms with E-state index < -0.39 is 0 Å². The van der Waals surface area contributed by atoms with E-state index in [0.29, 0.717) is 30.3 Å². The summed E-state index contributed by atoms with van der Waals surface area (Å²) in [7, 11) is 3.26. The van der Waals surface area contributed by atoms with E-state index in [-0.39, 0.29) is 11.9 Å². The average Bonchev–Trinajstić information content (AvgIpc) is 3.04. The first-order valence-corrected chi connectivity index (χ1v) is 9.15. The van der Waals surface area contributed by atoms with E-state index in [4.69, 9.17) is 15.2 Å². The number of carbonyl (C=O) groups excluding carboxylic acids is 1. The molecular weight excluding hydrogens is 338 g/mol. The monoisotopic (exact) mass is 361 g/mol. The number of nitrogen functional groups attached to an aromatic ring is 1. The lowest BCUT2D eigenvalue weighted by atomic mass is 9.92. The highest BCUT2D eigenvalue weighted by Crippen LogP contribution is 2.38. The molecule has 0 bridgehead atoms. The van der Waals surface area contributed by atoms with Gasteiger partial charge in [-0.3, -0.25) is 4.79 Å². The lowest BCUT2D eigenvalue weighted by Gasteiger charge is -2.36. The largest absolute Gasteiger partial charge is 0.493 e. The van der Waals surface area contributed by atoms with Crippen LogP contribution < -0.4 is 15.2 Å². The van der Waals surface area contributed by atoms with E-state index >= 15 is 0 Å². The molecule has 3 rings (SSSR count). The van der Waals surface area contributed by atoms with E-state index in [9.17, 15) is 4.79 Å². The van der Waals surface area contributed by atoms with Crippen LogP contribution in [0.4, 0.5) is 5.13 Å². The number of hydrogen-bond donors (Lipinski definition) is 1. The number of ether oxygens (including phenoxy) is 2. The van der Waals surface area contributed by atoms with Gasteiger partial charge in [-0.25, -0.2) is 4.98 Å². The fraction of sp³-hybridized carbons (Fsp3) is 0.444. The number of methoxy groups -OCH3 is 2. The second-order valence-electron chi connectivity index (χ2n) is 6.10. The molecule has 0 unspecified atom stereocenters. The number of carbonyl (C=O) groups is 1. The third-order valence-electron chi connectivity index (χ3n) is 4.67. The highest BCUT2D eigenvalue weighted by Gasteiger charge is 2.28. The maximum absolute atomic E-state index is 12.7. The Morgan fingerprint density at radius 1 is 1.36 bits per heavy atom. The summed E-state index contributed by atoms with van der Waals surface area (Å²) < 4.78 is 10.8. The highest BCUT2D eigenvalue weighted by molar-refractivity contribution is 7.13. The summed E-state index contributed by atoms with van der Waals surface area (Å²) in [5.41, 5.74) is 8.86. The number of benzene rings is 1. The Morgan fingerprint density at radius 3 is 2.72 bits per heavy atom. The van der Waals surface area contributed by atoms with Gasteiger partial charge in [-0.15, -0.1) is 11.3 Å². The molecule has 1 atom stereocenters. The molecule has 1 aliphatic rings. The lowest BCUT2D eigenvalue weighted by molar-refractivity contribution is -0.133. The minimum Gasteiger partial charge on any atom is -0.493 e. The lowest BCUT2D eigenvalue weighted by Crippen LogP contribution is -2.39. The Hall–Kier alpha value is -2.28. The SMILES string of the molecule is COc1cc2c(cc1OC)[C@@H](C)N(C(=O)CCc1csc(N)n1)CC2. The molecule has 0 spiro atoms. The number of hydrogen-bond acceptors (Lipinski definition) is 6. The van der Waals surface area contributed by atoms with Crippen LogP contribution in [0.15, 0.2) is 17.5 Å². The molecule has 0 fully saturated rings. The zero-order valence-electron chi connectivity index (χ0n) is 14.7. The predicted molar refractivity (Wildman–Crippen MR) is 98.2 cm³/mol. The van der Waals surface area contributed by atoms with E-state index in [1.165, 1.54) is 16.9 Å². The number of nitrogens with zero attached hydrogens (tertiary/aromatic N) is 2. The van der Waals surface area contributed by atoms with Crippen LogP contribution >= 0.6 is 11.3 Å². The van der Waals surface area contributed by atoms with Gasteiger partial charge < -0.3 is 20.1 Å². The van der Waals surface area contributed by atoms with Gasteiger partial charge in [0.05, 0.1) is 26.0 Å². The van der Waals surface area contributed by atoms with Crippen LogP contribution in [0.5, 0.6) is 11.5 Å². The molecule has 2 N–H and O–H groups in total. The summed E-state index contributed by atoms with van der Waals surface area (Å²) in [6, 6.07) is 4.01. The van der Waals surface area contributed by atoms with Crippen molar-refractivity contribution >= 4 is 22.4 Å². The molecule has 2 aromatic rings. The molecule has 6 nitrogen and oxygen atoms in total. The van der Waals surface area contributed by atoms with E-state index in [2.05, 4.69) is 11.9 Å².